The van der Waals surface area contributed by atoms with Crippen LogP contribution in [-0.2, 0) is 13.9 Å². The predicted octanol–water partition coefficient (Wildman–Crippen LogP) is -2.14. The first-order valence-corrected chi connectivity index (χ1v) is 9.48. The van der Waals surface area contributed by atoms with E-state index < -0.39 is 39.4 Å². The Morgan fingerprint density at radius 2 is 1.48 bits per heavy atom. The highest BCUT2D eigenvalue weighted by Crippen LogP contribution is 2.43. The Labute approximate surface area is 121 Å². The molecule has 0 radical (unpaired) electrons. The molecule has 0 aromatic rings. The van der Waals surface area contributed by atoms with Crippen molar-refractivity contribution in [3.05, 3.63) is 0 Å². The van der Waals surface area contributed by atoms with E-state index in [4.69, 9.17) is 31.0 Å². The van der Waals surface area contributed by atoms with Crippen molar-refractivity contribution in [2.24, 2.45) is 11.5 Å². The number of nitrogens with two attached hydrogens (primary N) is 2. The number of rotatable bonds is 10. The van der Waals surface area contributed by atoms with Crippen LogP contribution in [0.15, 0.2) is 0 Å². The molecule has 1 atom stereocenters. The molecule has 0 bridgehead atoms. The molecule has 0 heterocycles. The van der Waals surface area contributed by atoms with Crippen LogP contribution in [0.2, 0.25) is 0 Å². The summed E-state index contributed by atoms with van der Waals surface area (Å²) >= 11 is 0. The molecule has 126 valence electrons. The van der Waals surface area contributed by atoms with E-state index in [2.05, 4.69) is 0 Å². The number of hydrogen-bond acceptors (Lipinski definition) is 6. The van der Waals surface area contributed by atoms with Gasteiger partial charge in [-0.2, -0.15) is 0 Å². The summed E-state index contributed by atoms with van der Waals surface area (Å²) in [5.41, 5.74) is 7.69. The number of aliphatic hydroxyl groups is 1. The molecule has 13 heteroatoms. The van der Waals surface area contributed by atoms with Crippen molar-refractivity contribution in [2.45, 2.75) is 25.0 Å². The van der Waals surface area contributed by atoms with Crippen molar-refractivity contribution in [1.29, 1.82) is 0 Å². The lowest BCUT2D eigenvalue weighted by molar-refractivity contribution is -0.159. The van der Waals surface area contributed by atoms with Gasteiger partial charge in [0.2, 0.25) is 0 Å². The van der Waals surface area contributed by atoms with Gasteiger partial charge in [-0.1, -0.05) is 0 Å². The Hall–Kier alpha value is -0.350. The van der Waals surface area contributed by atoms with Gasteiger partial charge in [-0.3, -0.25) is 13.9 Å². The molecule has 0 spiro atoms. The van der Waals surface area contributed by atoms with Gasteiger partial charge in [0.05, 0.1) is 0 Å². The highest BCUT2D eigenvalue weighted by Gasteiger charge is 2.45. The summed E-state index contributed by atoms with van der Waals surface area (Å²) in [4.78, 5) is 47.5. The van der Waals surface area contributed by atoms with Crippen LogP contribution in [0.3, 0.4) is 0 Å². The first kappa shape index (κ1) is 20.6. The normalized spacial score (nSPS) is 16.0. The number of amides is 1. The maximum absolute atomic E-state index is 11.4. The summed E-state index contributed by atoms with van der Waals surface area (Å²) < 4.78 is 22.1. The van der Waals surface area contributed by atoms with E-state index in [-0.39, 0.29) is 19.4 Å². The maximum atomic E-state index is 11.4. The average molecular weight is 349 g/mol. The Kier molecular flexibility index (Phi) is 7.64. The zero-order chi connectivity index (χ0) is 16.9. The van der Waals surface area contributed by atoms with E-state index >= 15 is 0 Å². The maximum Gasteiger partial charge on any atom is 0.339 e. The largest absolute Gasteiger partial charge is 0.367 e. The first-order chi connectivity index (χ1) is 9.32. The Morgan fingerprint density at radius 3 is 1.76 bits per heavy atom. The number of nitrogens with zero attached hydrogens (tertiary/aromatic N) is 1. The fraction of sp³-hybridized carbons (Fsp3) is 0.875. The molecule has 11 nitrogen and oxygen atoms in total. The van der Waals surface area contributed by atoms with Crippen LogP contribution in [0.25, 0.3) is 0 Å². The molecule has 0 saturated carbocycles. The van der Waals surface area contributed by atoms with Gasteiger partial charge in [0.1, 0.15) is 12.6 Å². The van der Waals surface area contributed by atoms with Gasteiger partial charge in [0.25, 0.3) is 5.91 Å². The molecule has 0 unspecified atom stereocenters. The van der Waals surface area contributed by atoms with Crippen LogP contribution >= 0.6 is 15.2 Å². The van der Waals surface area contributed by atoms with Crippen molar-refractivity contribution in [1.82, 2.24) is 4.90 Å². The second-order valence-corrected chi connectivity index (χ2v) is 7.80. The molecule has 0 rings (SSSR count). The van der Waals surface area contributed by atoms with Gasteiger partial charge in [-0.15, -0.1) is 0 Å². The zero-order valence-corrected chi connectivity index (χ0v) is 13.0. The Balaban J connectivity index is 5.41. The highest BCUT2D eigenvalue weighted by atomic mass is 31.2. The third-order valence-corrected chi connectivity index (χ3v) is 4.03. The summed E-state index contributed by atoms with van der Waals surface area (Å²) in [5, 5.41) is 10.2. The summed E-state index contributed by atoms with van der Waals surface area (Å²) in [6, 6.07) is 0. The quantitative estimate of drug-likeness (QED) is 0.129. The molecule has 0 aliphatic heterocycles. The fourth-order valence-corrected chi connectivity index (χ4v) is 3.39. The van der Waals surface area contributed by atoms with E-state index in [9.17, 15) is 19.0 Å². The monoisotopic (exact) mass is 349 g/mol. The molecule has 0 aromatic carbocycles. The van der Waals surface area contributed by atoms with Crippen LogP contribution < -0.4 is 11.5 Å². The van der Waals surface area contributed by atoms with E-state index in [1.54, 1.807) is 0 Å². The van der Waals surface area contributed by atoms with Crippen molar-refractivity contribution in [2.75, 3.05) is 19.1 Å². The molecule has 0 aliphatic carbocycles. The van der Waals surface area contributed by atoms with E-state index in [1.165, 1.54) is 0 Å². The van der Waals surface area contributed by atoms with Crippen molar-refractivity contribution in [3.63, 3.8) is 0 Å². The number of unbranched alkanes of at least 4 members (excludes halogenated alkanes) is 1. The minimum Gasteiger partial charge on any atom is -0.367 e. The summed E-state index contributed by atoms with van der Waals surface area (Å²) in [6.07, 6.45) is -2.25. The third kappa shape index (κ3) is 8.01. The van der Waals surface area contributed by atoms with E-state index in [0.717, 1.165) is 0 Å². The number of carbonyl (C=O) groups excluding carboxylic acids is 1. The molecular formula is C8H21N3O8P2. The van der Waals surface area contributed by atoms with Crippen molar-refractivity contribution < 1.29 is 38.6 Å². The van der Waals surface area contributed by atoms with Crippen LogP contribution in [-0.4, -0.2) is 60.3 Å². The molecule has 21 heavy (non-hydrogen) atoms. The van der Waals surface area contributed by atoms with Gasteiger partial charge >= 0.3 is 15.2 Å². The van der Waals surface area contributed by atoms with Gasteiger partial charge < -0.3 is 36.1 Å². The molecule has 1 amide bonds. The lowest BCUT2D eigenvalue weighted by Gasteiger charge is -2.37. The van der Waals surface area contributed by atoms with Crippen molar-refractivity contribution >= 4 is 21.1 Å². The second kappa shape index (κ2) is 7.77. The lowest BCUT2D eigenvalue weighted by Crippen LogP contribution is -2.58. The van der Waals surface area contributed by atoms with Gasteiger partial charge in [-0.05, 0) is 25.8 Å². The molecule has 0 saturated heterocycles. The Bertz CT molecular complexity index is 425. The van der Waals surface area contributed by atoms with E-state index in [1.807, 2.05) is 0 Å². The number of carbonyl (C=O) groups is 1. The standard InChI is InChI=1S/C8H21N3O8P2/c9-4-2-1-3-8(13,7(10)12)11(5-20(14,15)16)6-21(17,18)19/h13H,1-6,9H2,(H2,10,12)(H2,14,15,16)(H2,17,18,19)/t8-/m1/s1. The van der Waals surface area contributed by atoms with Crippen LogP contribution in [0.4, 0.5) is 0 Å². The summed E-state index contributed by atoms with van der Waals surface area (Å²) in [7, 11) is -9.59. The predicted molar refractivity (Wildman–Crippen MR) is 72.7 cm³/mol. The number of hydrogen-bond donors (Lipinski definition) is 7. The zero-order valence-electron chi connectivity index (χ0n) is 11.2. The minimum atomic E-state index is -4.79. The third-order valence-electron chi connectivity index (χ3n) is 2.61. The van der Waals surface area contributed by atoms with Crippen LogP contribution in [0.5, 0.6) is 0 Å². The van der Waals surface area contributed by atoms with Crippen molar-refractivity contribution in [3.8, 4) is 0 Å². The van der Waals surface area contributed by atoms with Crippen LogP contribution in [0, 0.1) is 0 Å². The van der Waals surface area contributed by atoms with E-state index in [0.29, 0.717) is 11.3 Å². The SMILES string of the molecule is NCCCC[C@@](O)(C(N)=O)N(CP(=O)(O)O)CP(=O)(O)O. The second-order valence-electron chi connectivity index (χ2n) is 4.58. The first-order valence-electron chi connectivity index (χ1n) is 5.88. The lowest BCUT2D eigenvalue weighted by atomic mass is 10.0. The fourth-order valence-electron chi connectivity index (χ4n) is 1.68. The Morgan fingerprint density at radius 1 is 1.05 bits per heavy atom. The molecule has 0 fully saturated rings. The number of primary amides is 1. The molecule has 0 aromatic heterocycles. The smallest absolute Gasteiger partial charge is 0.339 e. The molecule has 0 aliphatic rings. The molecular weight excluding hydrogens is 328 g/mol. The molecule has 9 N–H and O–H groups in total. The van der Waals surface area contributed by atoms with Gasteiger partial charge in [0.15, 0.2) is 5.72 Å². The topological polar surface area (TPSA) is 208 Å². The summed E-state index contributed by atoms with van der Waals surface area (Å²) in [5.74, 6) is -1.36. The minimum absolute atomic E-state index is 0.175. The van der Waals surface area contributed by atoms with Gasteiger partial charge in [0, 0.05) is 0 Å². The average Bonchev–Trinajstić information content (AvgIpc) is 2.24. The van der Waals surface area contributed by atoms with Gasteiger partial charge in [-0.25, -0.2) is 4.90 Å². The summed E-state index contributed by atoms with van der Waals surface area (Å²) in [6.45, 7) is 0.242. The van der Waals surface area contributed by atoms with Crippen LogP contribution in [0.1, 0.15) is 19.3 Å². The highest BCUT2D eigenvalue weighted by molar-refractivity contribution is 7.52.